The Kier molecular flexibility index (Phi) is 10.1. The lowest BCUT2D eigenvalue weighted by Gasteiger charge is -2.31. The quantitative estimate of drug-likeness (QED) is 0.250. The molecule has 12 nitrogen and oxygen atoms in total. The van der Waals surface area contributed by atoms with Crippen molar-refractivity contribution in [2.75, 3.05) is 19.6 Å². The standard InChI is InChI=1S/C30H37N5O7/c31-22(16-20-10-12-21(36)13-11-20)29(41)34-14-5-9-25(34)28(40)33-23(17-19-6-2-1-3-7-19)30(42)35-15-4-8-24(35)27(39)32-18-26(37)38/h1-3,6-7,10-13,22-25,36H,4-5,8-9,14-18,31H2,(H,32,39)(H,33,40)(H,37,38)/t22-,23-,24-,25-/m1/s1. The molecule has 0 spiro atoms. The zero-order valence-corrected chi connectivity index (χ0v) is 23.3. The number of phenols is 1. The van der Waals surface area contributed by atoms with Gasteiger partial charge in [0.2, 0.25) is 23.6 Å². The Labute approximate surface area is 243 Å². The minimum atomic E-state index is -1.19. The van der Waals surface area contributed by atoms with Crippen LogP contribution in [0.25, 0.3) is 0 Å². The van der Waals surface area contributed by atoms with Crippen molar-refractivity contribution in [2.45, 2.75) is 62.7 Å². The van der Waals surface area contributed by atoms with Crippen LogP contribution in [0.2, 0.25) is 0 Å². The monoisotopic (exact) mass is 579 g/mol. The number of carbonyl (C=O) groups is 5. The Balaban J connectivity index is 1.47. The maximum Gasteiger partial charge on any atom is 0.322 e. The number of carbonyl (C=O) groups excluding carboxylic acids is 4. The average molecular weight is 580 g/mol. The van der Waals surface area contributed by atoms with Gasteiger partial charge in [-0.15, -0.1) is 0 Å². The van der Waals surface area contributed by atoms with Crippen LogP contribution in [0.15, 0.2) is 54.6 Å². The van der Waals surface area contributed by atoms with Crippen LogP contribution in [-0.2, 0) is 36.8 Å². The summed E-state index contributed by atoms with van der Waals surface area (Å²) in [6, 6.07) is 12.0. The van der Waals surface area contributed by atoms with E-state index in [4.69, 9.17) is 10.8 Å². The van der Waals surface area contributed by atoms with Gasteiger partial charge in [0.15, 0.2) is 0 Å². The molecule has 12 heteroatoms. The second kappa shape index (κ2) is 13.9. The van der Waals surface area contributed by atoms with Crippen LogP contribution in [0.1, 0.15) is 36.8 Å². The molecule has 2 fully saturated rings. The molecular formula is C30H37N5O7. The van der Waals surface area contributed by atoms with E-state index >= 15 is 0 Å². The van der Waals surface area contributed by atoms with E-state index in [2.05, 4.69) is 10.6 Å². The number of carboxylic acids is 1. The summed E-state index contributed by atoms with van der Waals surface area (Å²) in [4.78, 5) is 67.2. The Bertz CT molecular complexity index is 1290. The highest BCUT2D eigenvalue weighted by molar-refractivity contribution is 5.96. The molecule has 2 aromatic rings. The number of benzene rings is 2. The molecule has 2 aromatic carbocycles. The molecule has 4 amide bonds. The Morgan fingerprint density at radius 3 is 2.00 bits per heavy atom. The highest BCUT2D eigenvalue weighted by Crippen LogP contribution is 2.22. The molecule has 2 heterocycles. The van der Waals surface area contributed by atoms with Crippen molar-refractivity contribution < 1.29 is 34.2 Å². The fraction of sp³-hybridized carbons (Fsp3) is 0.433. The van der Waals surface area contributed by atoms with Crippen molar-refractivity contribution in [1.29, 1.82) is 0 Å². The maximum absolute atomic E-state index is 13.8. The first kappa shape index (κ1) is 30.5. The van der Waals surface area contributed by atoms with Gasteiger partial charge >= 0.3 is 5.97 Å². The number of likely N-dealkylation sites (tertiary alicyclic amines) is 2. The van der Waals surface area contributed by atoms with Crippen LogP contribution in [0.4, 0.5) is 0 Å². The molecule has 4 rings (SSSR count). The van der Waals surface area contributed by atoms with Crippen molar-refractivity contribution in [3.63, 3.8) is 0 Å². The van der Waals surface area contributed by atoms with E-state index in [0.29, 0.717) is 38.8 Å². The van der Waals surface area contributed by atoms with Crippen LogP contribution >= 0.6 is 0 Å². The SMILES string of the molecule is N[C@H](Cc1ccc(O)cc1)C(=O)N1CCC[C@@H]1C(=O)N[C@H](Cc1ccccc1)C(=O)N1CCC[C@@H]1C(=O)NCC(=O)O. The number of hydrogen-bond acceptors (Lipinski definition) is 7. The van der Waals surface area contributed by atoms with Crippen LogP contribution in [0.3, 0.4) is 0 Å². The summed E-state index contributed by atoms with van der Waals surface area (Å²) in [5, 5.41) is 23.6. The number of rotatable bonds is 11. The Hall–Kier alpha value is -4.45. The van der Waals surface area contributed by atoms with Crippen molar-refractivity contribution in [3.05, 3.63) is 65.7 Å². The average Bonchev–Trinajstić information content (AvgIpc) is 3.67. The topological polar surface area (TPSA) is 182 Å². The molecule has 0 saturated carbocycles. The summed E-state index contributed by atoms with van der Waals surface area (Å²) in [6.45, 7) is 0.0999. The Morgan fingerprint density at radius 1 is 0.810 bits per heavy atom. The van der Waals surface area contributed by atoms with E-state index in [1.54, 1.807) is 12.1 Å². The van der Waals surface area contributed by atoms with E-state index in [9.17, 15) is 29.1 Å². The van der Waals surface area contributed by atoms with Gasteiger partial charge in [-0.05, 0) is 55.4 Å². The van der Waals surface area contributed by atoms with Gasteiger partial charge in [0.25, 0.3) is 0 Å². The zero-order valence-electron chi connectivity index (χ0n) is 23.3. The van der Waals surface area contributed by atoms with E-state index in [0.717, 1.165) is 11.1 Å². The third-order valence-corrected chi connectivity index (χ3v) is 7.70. The molecule has 2 saturated heterocycles. The maximum atomic E-state index is 13.8. The first-order valence-corrected chi connectivity index (χ1v) is 14.1. The Morgan fingerprint density at radius 2 is 1.38 bits per heavy atom. The number of amides is 4. The molecule has 6 N–H and O–H groups in total. The van der Waals surface area contributed by atoms with E-state index in [-0.39, 0.29) is 24.5 Å². The van der Waals surface area contributed by atoms with Gasteiger partial charge in [0.1, 0.15) is 30.4 Å². The van der Waals surface area contributed by atoms with Crippen LogP contribution in [-0.4, -0.2) is 93.4 Å². The third-order valence-electron chi connectivity index (χ3n) is 7.70. The third kappa shape index (κ3) is 7.64. The normalized spacial score (nSPS) is 19.6. The summed E-state index contributed by atoms with van der Waals surface area (Å²) in [6.07, 6.45) is 2.37. The molecule has 224 valence electrons. The summed E-state index contributed by atoms with van der Waals surface area (Å²) >= 11 is 0. The number of nitrogens with two attached hydrogens (primary N) is 1. The molecule has 0 aromatic heterocycles. The lowest BCUT2D eigenvalue weighted by Crippen LogP contribution is -2.58. The van der Waals surface area contributed by atoms with Gasteiger partial charge in [-0.3, -0.25) is 24.0 Å². The van der Waals surface area contributed by atoms with Crippen molar-refractivity contribution >= 4 is 29.6 Å². The lowest BCUT2D eigenvalue weighted by molar-refractivity contribution is -0.144. The predicted molar refractivity (Wildman–Crippen MR) is 152 cm³/mol. The largest absolute Gasteiger partial charge is 0.508 e. The molecule has 0 radical (unpaired) electrons. The summed E-state index contributed by atoms with van der Waals surface area (Å²) < 4.78 is 0. The number of hydrogen-bond donors (Lipinski definition) is 5. The van der Waals surface area contributed by atoms with Crippen molar-refractivity contribution in [3.8, 4) is 5.75 Å². The van der Waals surface area contributed by atoms with Gasteiger partial charge in [0, 0.05) is 19.5 Å². The van der Waals surface area contributed by atoms with Gasteiger partial charge in [-0.2, -0.15) is 0 Å². The first-order valence-electron chi connectivity index (χ1n) is 14.1. The van der Waals surface area contributed by atoms with Gasteiger partial charge < -0.3 is 36.4 Å². The van der Waals surface area contributed by atoms with Crippen LogP contribution in [0.5, 0.6) is 5.75 Å². The fourth-order valence-electron chi connectivity index (χ4n) is 5.59. The number of aliphatic carboxylic acids is 1. The molecule has 4 atom stereocenters. The summed E-state index contributed by atoms with van der Waals surface area (Å²) in [7, 11) is 0. The second-order valence-corrected chi connectivity index (χ2v) is 10.7. The molecule has 0 aliphatic carbocycles. The summed E-state index contributed by atoms with van der Waals surface area (Å²) in [5.74, 6) is -2.93. The molecule has 42 heavy (non-hydrogen) atoms. The highest BCUT2D eigenvalue weighted by atomic mass is 16.4. The van der Waals surface area contributed by atoms with E-state index in [1.165, 1.54) is 21.9 Å². The molecule has 0 unspecified atom stereocenters. The molecule has 2 aliphatic heterocycles. The van der Waals surface area contributed by atoms with E-state index < -0.39 is 54.4 Å². The predicted octanol–water partition coefficient (Wildman–Crippen LogP) is 0.172. The smallest absolute Gasteiger partial charge is 0.322 e. The van der Waals surface area contributed by atoms with E-state index in [1.807, 2.05) is 30.3 Å². The molecular weight excluding hydrogens is 542 g/mol. The lowest BCUT2D eigenvalue weighted by atomic mass is 10.0. The van der Waals surface area contributed by atoms with Crippen LogP contribution in [0, 0.1) is 0 Å². The fourth-order valence-corrected chi connectivity index (χ4v) is 5.59. The summed E-state index contributed by atoms with van der Waals surface area (Å²) in [5.41, 5.74) is 7.81. The number of carboxylic acid groups (broad SMARTS) is 1. The number of nitrogens with one attached hydrogen (secondary N) is 2. The number of aromatic hydroxyl groups is 1. The van der Waals surface area contributed by atoms with Gasteiger partial charge in [-0.25, -0.2) is 0 Å². The first-order chi connectivity index (χ1) is 20.1. The molecule has 0 bridgehead atoms. The molecule has 2 aliphatic rings. The minimum absolute atomic E-state index is 0.107. The number of nitrogens with zero attached hydrogens (tertiary/aromatic N) is 2. The van der Waals surface area contributed by atoms with Gasteiger partial charge in [-0.1, -0.05) is 42.5 Å². The van der Waals surface area contributed by atoms with Crippen molar-refractivity contribution in [1.82, 2.24) is 20.4 Å². The van der Waals surface area contributed by atoms with Crippen LogP contribution < -0.4 is 16.4 Å². The van der Waals surface area contributed by atoms with Gasteiger partial charge in [0.05, 0.1) is 6.04 Å². The zero-order chi connectivity index (χ0) is 30.2. The minimum Gasteiger partial charge on any atom is -0.508 e. The van der Waals surface area contributed by atoms with Crippen molar-refractivity contribution in [2.24, 2.45) is 5.73 Å². The number of phenolic OH excluding ortho intramolecular Hbond substituents is 1. The second-order valence-electron chi connectivity index (χ2n) is 10.7. The highest BCUT2D eigenvalue weighted by Gasteiger charge is 2.41.